The van der Waals surface area contributed by atoms with Crippen molar-refractivity contribution in [2.24, 2.45) is 0 Å². The third-order valence-corrected chi connectivity index (χ3v) is 3.33. The molecule has 0 aliphatic rings. The Hall–Kier alpha value is -2.96. The van der Waals surface area contributed by atoms with E-state index in [0.717, 1.165) is 35.2 Å². The van der Waals surface area contributed by atoms with Crippen LogP contribution in [-0.4, -0.2) is 15.3 Å². The standard InChI is InChI=1S/C16H9F3N2O2/c17-9-1-3-11(13(19)5-9)15(22)7-21-8-20-14-6-10(18)2-4-12(14)16(21)23/h1-6,8H,7H2. The van der Waals surface area contributed by atoms with Crippen molar-refractivity contribution in [3.05, 3.63) is 76.1 Å². The SMILES string of the molecule is O=C(Cn1cnc2cc(F)ccc2c1=O)c1ccc(F)cc1F. The zero-order chi connectivity index (χ0) is 16.6. The summed E-state index contributed by atoms with van der Waals surface area (Å²) in [6.07, 6.45) is 1.09. The fourth-order valence-corrected chi connectivity index (χ4v) is 2.20. The summed E-state index contributed by atoms with van der Waals surface area (Å²) in [7, 11) is 0. The summed E-state index contributed by atoms with van der Waals surface area (Å²) in [4.78, 5) is 28.2. The summed E-state index contributed by atoms with van der Waals surface area (Å²) < 4.78 is 40.6. The van der Waals surface area contributed by atoms with E-state index in [1.54, 1.807) is 0 Å². The maximum Gasteiger partial charge on any atom is 0.261 e. The molecule has 0 radical (unpaired) electrons. The Bertz CT molecular complexity index is 983. The molecular weight excluding hydrogens is 309 g/mol. The highest BCUT2D eigenvalue weighted by atomic mass is 19.1. The number of halogens is 3. The highest BCUT2D eigenvalue weighted by Crippen LogP contribution is 2.12. The van der Waals surface area contributed by atoms with Gasteiger partial charge in [0.05, 0.1) is 29.3 Å². The van der Waals surface area contributed by atoms with Gasteiger partial charge in [0.1, 0.15) is 17.5 Å². The van der Waals surface area contributed by atoms with Crippen molar-refractivity contribution in [3.63, 3.8) is 0 Å². The predicted octanol–water partition coefficient (Wildman–Crippen LogP) is 2.70. The number of rotatable bonds is 3. The molecule has 4 nitrogen and oxygen atoms in total. The third-order valence-electron chi connectivity index (χ3n) is 3.33. The molecule has 3 aromatic rings. The molecule has 0 atom stereocenters. The Morgan fingerprint density at radius 1 is 1.04 bits per heavy atom. The summed E-state index contributed by atoms with van der Waals surface area (Å²) in [5.74, 6) is -3.04. The van der Waals surface area contributed by atoms with Crippen LogP contribution < -0.4 is 5.56 Å². The van der Waals surface area contributed by atoms with Crippen LogP contribution in [0.3, 0.4) is 0 Å². The highest BCUT2D eigenvalue weighted by Gasteiger charge is 2.15. The molecule has 0 aliphatic carbocycles. The number of carbonyl (C=O) groups excluding carboxylic acids is 1. The first-order chi connectivity index (χ1) is 11.0. The molecule has 0 unspecified atom stereocenters. The van der Waals surface area contributed by atoms with Crippen molar-refractivity contribution < 1.29 is 18.0 Å². The van der Waals surface area contributed by atoms with Crippen LogP contribution in [0.15, 0.2) is 47.5 Å². The van der Waals surface area contributed by atoms with Gasteiger partial charge in [-0.1, -0.05) is 0 Å². The molecule has 3 rings (SSSR count). The second-order valence-electron chi connectivity index (χ2n) is 4.89. The Balaban J connectivity index is 1.98. The van der Waals surface area contributed by atoms with Gasteiger partial charge in [-0.25, -0.2) is 18.2 Å². The molecule has 0 saturated heterocycles. The lowest BCUT2D eigenvalue weighted by Crippen LogP contribution is -2.25. The minimum absolute atomic E-state index is 0.140. The summed E-state index contributed by atoms with van der Waals surface area (Å²) >= 11 is 0. The first kappa shape index (κ1) is 15.0. The van der Waals surface area contributed by atoms with Gasteiger partial charge >= 0.3 is 0 Å². The number of nitrogens with zero attached hydrogens (tertiary/aromatic N) is 2. The maximum atomic E-state index is 13.6. The quantitative estimate of drug-likeness (QED) is 0.698. The highest BCUT2D eigenvalue weighted by molar-refractivity contribution is 5.96. The van der Waals surface area contributed by atoms with E-state index in [0.29, 0.717) is 6.07 Å². The maximum absolute atomic E-state index is 13.6. The predicted molar refractivity (Wildman–Crippen MR) is 76.6 cm³/mol. The summed E-state index contributed by atoms with van der Waals surface area (Å²) in [5, 5.41) is 0.140. The molecule has 0 N–H and O–H groups in total. The van der Waals surface area contributed by atoms with Crippen LogP contribution in [0.4, 0.5) is 13.2 Å². The first-order valence-corrected chi connectivity index (χ1v) is 6.58. The largest absolute Gasteiger partial charge is 0.292 e. The van der Waals surface area contributed by atoms with Gasteiger partial charge in [0, 0.05) is 12.1 Å². The van der Waals surface area contributed by atoms with Gasteiger partial charge in [0.2, 0.25) is 0 Å². The number of benzene rings is 2. The fraction of sp³-hybridized carbons (Fsp3) is 0.0625. The molecule has 1 heterocycles. The van der Waals surface area contributed by atoms with E-state index in [4.69, 9.17) is 0 Å². The molecule has 116 valence electrons. The summed E-state index contributed by atoms with van der Waals surface area (Å²) in [5.41, 5.74) is -0.713. The topological polar surface area (TPSA) is 52.0 Å². The zero-order valence-electron chi connectivity index (χ0n) is 11.6. The molecule has 0 aliphatic heterocycles. The normalized spacial score (nSPS) is 10.9. The minimum Gasteiger partial charge on any atom is -0.292 e. The number of aromatic nitrogens is 2. The monoisotopic (exact) mass is 318 g/mol. The molecule has 0 bridgehead atoms. The van der Waals surface area contributed by atoms with Crippen LogP contribution >= 0.6 is 0 Å². The van der Waals surface area contributed by atoms with E-state index >= 15 is 0 Å². The van der Waals surface area contributed by atoms with Gasteiger partial charge in [-0.3, -0.25) is 14.2 Å². The van der Waals surface area contributed by atoms with E-state index < -0.39 is 35.3 Å². The number of Topliss-reactive ketones (excluding diaryl/α,β-unsaturated/α-hetero) is 1. The lowest BCUT2D eigenvalue weighted by Gasteiger charge is -2.07. The average molecular weight is 318 g/mol. The number of carbonyl (C=O) groups is 1. The van der Waals surface area contributed by atoms with Gasteiger partial charge in [0.25, 0.3) is 5.56 Å². The van der Waals surface area contributed by atoms with Crippen molar-refractivity contribution in [3.8, 4) is 0 Å². The zero-order valence-corrected chi connectivity index (χ0v) is 11.6. The van der Waals surface area contributed by atoms with E-state index in [1.165, 1.54) is 6.07 Å². The Labute approximate surface area is 127 Å². The van der Waals surface area contributed by atoms with Gasteiger partial charge in [-0.2, -0.15) is 0 Å². The Morgan fingerprint density at radius 3 is 2.48 bits per heavy atom. The Morgan fingerprint density at radius 2 is 1.74 bits per heavy atom. The molecule has 7 heteroatoms. The van der Waals surface area contributed by atoms with Gasteiger partial charge in [-0.05, 0) is 24.3 Å². The van der Waals surface area contributed by atoms with Crippen molar-refractivity contribution in [2.45, 2.75) is 6.54 Å². The summed E-state index contributed by atoms with van der Waals surface area (Å²) in [6.45, 7) is -0.457. The number of hydrogen-bond donors (Lipinski definition) is 0. The minimum atomic E-state index is -1.00. The van der Waals surface area contributed by atoms with Crippen LogP contribution in [0.5, 0.6) is 0 Å². The van der Waals surface area contributed by atoms with Crippen molar-refractivity contribution in [1.82, 2.24) is 9.55 Å². The lowest BCUT2D eigenvalue weighted by atomic mass is 10.1. The van der Waals surface area contributed by atoms with E-state index in [9.17, 15) is 22.8 Å². The number of hydrogen-bond acceptors (Lipinski definition) is 3. The third kappa shape index (κ3) is 2.85. The van der Waals surface area contributed by atoms with Crippen LogP contribution in [0, 0.1) is 17.5 Å². The molecule has 23 heavy (non-hydrogen) atoms. The summed E-state index contributed by atoms with van der Waals surface area (Å²) in [6, 6.07) is 6.04. The van der Waals surface area contributed by atoms with Gasteiger partial charge < -0.3 is 0 Å². The van der Waals surface area contributed by atoms with Crippen molar-refractivity contribution >= 4 is 16.7 Å². The van der Waals surface area contributed by atoms with E-state index in [2.05, 4.69) is 4.98 Å². The number of fused-ring (bicyclic) bond motifs is 1. The van der Waals surface area contributed by atoms with E-state index in [1.807, 2.05) is 0 Å². The fourth-order valence-electron chi connectivity index (χ4n) is 2.20. The van der Waals surface area contributed by atoms with Crippen LogP contribution in [0.2, 0.25) is 0 Å². The molecular formula is C16H9F3N2O2. The number of ketones is 1. The second-order valence-corrected chi connectivity index (χ2v) is 4.89. The van der Waals surface area contributed by atoms with Gasteiger partial charge in [-0.15, -0.1) is 0 Å². The second kappa shape index (κ2) is 5.68. The van der Waals surface area contributed by atoms with E-state index in [-0.39, 0.29) is 16.5 Å². The van der Waals surface area contributed by atoms with Crippen LogP contribution in [-0.2, 0) is 6.54 Å². The smallest absolute Gasteiger partial charge is 0.261 e. The van der Waals surface area contributed by atoms with Crippen LogP contribution in [0.25, 0.3) is 10.9 Å². The van der Waals surface area contributed by atoms with Gasteiger partial charge in [0.15, 0.2) is 5.78 Å². The Kier molecular flexibility index (Phi) is 3.69. The lowest BCUT2D eigenvalue weighted by molar-refractivity contribution is 0.0966. The average Bonchev–Trinajstić information content (AvgIpc) is 2.50. The molecule has 1 aromatic heterocycles. The molecule has 0 amide bonds. The first-order valence-electron chi connectivity index (χ1n) is 6.58. The van der Waals surface area contributed by atoms with Crippen LogP contribution in [0.1, 0.15) is 10.4 Å². The molecule has 0 saturated carbocycles. The van der Waals surface area contributed by atoms with Crippen molar-refractivity contribution in [1.29, 1.82) is 0 Å². The molecule has 0 fully saturated rings. The van der Waals surface area contributed by atoms with Crippen molar-refractivity contribution in [2.75, 3.05) is 0 Å². The molecule has 0 spiro atoms. The molecule has 2 aromatic carbocycles.